The fourth-order valence-electron chi connectivity index (χ4n) is 4.84. The molecule has 0 fully saturated rings. The van der Waals surface area contributed by atoms with Crippen LogP contribution in [0.25, 0.3) is 11.3 Å². The van der Waals surface area contributed by atoms with Gasteiger partial charge in [0.25, 0.3) is 5.56 Å². The van der Waals surface area contributed by atoms with E-state index >= 15 is 0 Å². The minimum Gasteiger partial charge on any atom is -0.457 e. The van der Waals surface area contributed by atoms with E-state index in [-0.39, 0.29) is 12.2 Å². The second kappa shape index (κ2) is 12.3. The van der Waals surface area contributed by atoms with Gasteiger partial charge in [-0.3, -0.25) is 4.79 Å². The van der Waals surface area contributed by atoms with E-state index < -0.39 is 22.9 Å². The summed E-state index contributed by atoms with van der Waals surface area (Å²) in [6.45, 7) is 4.50. The van der Waals surface area contributed by atoms with Crippen molar-refractivity contribution in [2.45, 2.75) is 33.1 Å². The Kier molecular flexibility index (Phi) is 8.35. The van der Waals surface area contributed by atoms with Crippen molar-refractivity contribution in [3.05, 3.63) is 147 Å². The predicted molar refractivity (Wildman–Crippen MR) is 161 cm³/mol. The Labute approximate surface area is 247 Å². The van der Waals surface area contributed by atoms with Gasteiger partial charge in [-0.1, -0.05) is 54.1 Å². The lowest BCUT2D eigenvalue weighted by molar-refractivity contribution is -0.137. The Hall–Kier alpha value is -5.29. The zero-order valence-corrected chi connectivity index (χ0v) is 23.6. The topological polar surface area (TPSA) is 67.0 Å². The number of alkyl halides is 3. The lowest BCUT2D eigenvalue weighted by Gasteiger charge is -2.19. The number of nitrogens with one attached hydrogen (secondary N) is 1. The maximum atomic E-state index is 13.9. The van der Waals surface area contributed by atoms with Gasteiger partial charge >= 0.3 is 6.18 Å². The molecular weight excluding hydrogens is 551 g/mol. The van der Waals surface area contributed by atoms with Crippen molar-refractivity contribution in [3.8, 4) is 28.8 Å². The molecule has 0 radical (unpaired) electrons. The summed E-state index contributed by atoms with van der Waals surface area (Å²) in [6.07, 6.45) is -4.87. The lowest BCUT2D eigenvalue weighted by atomic mass is 10.0. The normalized spacial score (nSPS) is 11.2. The Bertz CT molecular complexity index is 1840. The number of aromatic nitrogens is 1. The number of nitrogens with zero attached hydrogens (tertiary/aromatic N) is 2. The molecule has 0 bridgehead atoms. The minimum atomic E-state index is -4.87. The number of halogens is 3. The average molecular weight is 580 g/mol. The van der Waals surface area contributed by atoms with Crippen molar-refractivity contribution in [1.29, 1.82) is 5.26 Å². The number of aryl methyl sites for hydroxylation is 2. The smallest absolute Gasteiger partial charge is 0.417 e. The highest BCUT2D eigenvalue weighted by molar-refractivity contribution is 5.64. The quantitative estimate of drug-likeness (QED) is 0.200. The maximum absolute atomic E-state index is 13.9. The van der Waals surface area contributed by atoms with Crippen LogP contribution in [0.15, 0.2) is 108 Å². The van der Waals surface area contributed by atoms with E-state index in [9.17, 15) is 23.2 Å². The van der Waals surface area contributed by atoms with E-state index in [1.54, 1.807) is 24.3 Å². The number of rotatable bonds is 8. The molecule has 0 spiro atoms. The number of hydrogen-bond acceptors (Lipinski definition) is 4. The molecule has 5 nitrogen and oxygen atoms in total. The summed E-state index contributed by atoms with van der Waals surface area (Å²) in [5.74, 6) is 1.06. The van der Waals surface area contributed by atoms with Crippen LogP contribution in [0.4, 0.5) is 18.9 Å². The molecule has 5 aromatic rings. The number of anilines is 1. The average Bonchev–Trinajstić information content (AvgIpc) is 2.99. The molecule has 5 rings (SSSR count). The van der Waals surface area contributed by atoms with Gasteiger partial charge in [0.05, 0.1) is 17.8 Å². The van der Waals surface area contributed by atoms with Gasteiger partial charge in [-0.2, -0.15) is 18.4 Å². The number of benzene rings is 4. The van der Waals surface area contributed by atoms with Gasteiger partial charge in [0, 0.05) is 12.2 Å². The molecule has 0 saturated heterocycles. The molecule has 0 amide bonds. The molecule has 0 unspecified atom stereocenters. The predicted octanol–water partition coefficient (Wildman–Crippen LogP) is 8.48. The molecule has 8 heteroatoms. The third kappa shape index (κ3) is 6.79. The van der Waals surface area contributed by atoms with Crippen molar-refractivity contribution in [1.82, 2.24) is 4.57 Å². The van der Waals surface area contributed by atoms with Crippen LogP contribution >= 0.6 is 0 Å². The summed E-state index contributed by atoms with van der Waals surface area (Å²) < 4.78 is 49.0. The van der Waals surface area contributed by atoms with Gasteiger partial charge in [-0.25, -0.2) is 0 Å². The highest BCUT2D eigenvalue weighted by Crippen LogP contribution is 2.34. The first-order valence-electron chi connectivity index (χ1n) is 13.6. The van der Waals surface area contributed by atoms with Crippen molar-refractivity contribution >= 4 is 5.69 Å². The molecule has 0 atom stereocenters. The van der Waals surface area contributed by atoms with E-state index in [4.69, 9.17) is 4.74 Å². The van der Waals surface area contributed by atoms with Crippen LogP contribution in [0.1, 0.15) is 33.4 Å². The summed E-state index contributed by atoms with van der Waals surface area (Å²) in [4.78, 5) is 13.3. The molecule has 0 aliphatic rings. The third-order valence-electron chi connectivity index (χ3n) is 7.12. The van der Waals surface area contributed by atoms with Crippen molar-refractivity contribution in [3.63, 3.8) is 0 Å². The van der Waals surface area contributed by atoms with Crippen molar-refractivity contribution < 1.29 is 17.9 Å². The summed E-state index contributed by atoms with van der Waals surface area (Å²) in [5.41, 5.74) is 2.01. The Balaban J connectivity index is 1.42. The first kappa shape index (κ1) is 29.2. The van der Waals surface area contributed by atoms with Crippen molar-refractivity contribution in [2.75, 3.05) is 5.32 Å². The zero-order valence-electron chi connectivity index (χ0n) is 23.6. The monoisotopic (exact) mass is 579 g/mol. The van der Waals surface area contributed by atoms with Crippen LogP contribution in [0.5, 0.6) is 11.5 Å². The van der Waals surface area contributed by atoms with Crippen LogP contribution in [0.3, 0.4) is 0 Å². The standard InChI is InChI=1S/C35H28F3N3O2/c1-23-8-9-27(24(2)18-23)22-41-33(19-32(35(36,37)38)31(20-39)34(41)42)26-10-14-29(15-11-26)43-30-16-12-28(13-17-30)40-21-25-6-4-3-5-7-25/h3-19,40H,21-22H2,1-2H3. The molecule has 1 aromatic heterocycles. The van der Waals surface area contributed by atoms with E-state index in [1.807, 2.05) is 86.6 Å². The van der Waals surface area contributed by atoms with Crippen LogP contribution < -0.4 is 15.6 Å². The third-order valence-corrected chi connectivity index (χ3v) is 7.12. The molecule has 1 heterocycles. The zero-order chi connectivity index (χ0) is 30.6. The van der Waals surface area contributed by atoms with Gasteiger partial charge in [0.1, 0.15) is 23.1 Å². The highest BCUT2D eigenvalue weighted by atomic mass is 19.4. The van der Waals surface area contributed by atoms with Gasteiger partial charge in [-0.05, 0) is 90.7 Å². The molecule has 43 heavy (non-hydrogen) atoms. The summed E-state index contributed by atoms with van der Waals surface area (Å²) >= 11 is 0. The molecule has 1 N–H and O–H groups in total. The van der Waals surface area contributed by atoms with Crippen molar-refractivity contribution in [2.24, 2.45) is 0 Å². The van der Waals surface area contributed by atoms with Gasteiger partial charge in [-0.15, -0.1) is 0 Å². The molecule has 0 aliphatic carbocycles. The Morgan fingerprint density at radius 2 is 1.51 bits per heavy atom. The number of pyridine rings is 1. The second-order valence-corrected chi connectivity index (χ2v) is 10.2. The second-order valence-electron chi connectivity index (χ2n) is 10.2. The van der Waals surface area contributed by atoms with Crippen LogP contribution in [-0.4, -0.2) is 4.57 Å². The van der Waals surface area contributed by atoms with E-state index in [0.717, 1.165) is 34.0 Å². The molecular formula is C35H28F3N3O2. The van der Waals surface area contributed by atoms with Crippen LogP contribution in [0.2, 0.25) is 0 Å². The number of ether oxygens (including phenoxy) is 1. The molecule has 4 aromatic carbocycles. The Morgan fingerprint density at radius 1 is 0.860 bits per heavy atom. The minimum absolute atomic E-state index is 0.00993. The first-order valence-corrected chi connectivity index (χ1v) is 13.6. The SMILES string of the molecule is Cc1ccc(Cn2c(-c3ccc(Oc4ccc(NCc5ccccc5)cc4)cc3)cc(C(F)(F)F)c(C#N)c2=O)c(C)c1. The molecule has 0 saturated carbocycles. The molecule has 216 valence electrons. The van der Waals surface area contributed by atoms with E-state index in [1.165, 1.54) is 10.6 Å². The first-order chi connectivity index (χ1) is 20.6. The lowest BCUT2D eigenvalue weighted by Crippen LogP contribution is -2.29. The number of hydrogen-bond donors (Lipinski definition) is 1. The van der Waals surface area contributed by atoms with E-state index in [0.29, 0.717) is 23.6 Å². The largest absolute Gasteiger partial charge is 0.457 e. The van der Waals surface area contributed by atoms with Crippen LogP contribution in [0, 0.1) is 25.2 Å². The summed E-state index contributed by atoms with van der Waals surface area (Å²) in [5, 5.41) is 12.8. The fraction of sp³-hybridized carbons (Fsp3) is 0.143. The summed E-state index contributed by atoms with van der Waals surface area (Å²) in [6, 6.07) is 31.9. The van der Waals surface area contributed by atoms with Gasteiger partial charge in [0.2, 0.25) is 0 Å². The summed E-state index contributed by atoms with van der Waals surface area (Å²) in [7, 11) is 0. The Morgan fingerprint density at radius 3 is 2.12 bits per heavy atom. The fourth-order valence-corrected chi connectivity index (χ4v) is 4.84. The number of nitriles is 1. The molecule has 0 aliphatic heterocycles. The van der Waals surface area contributed by atoms with Crippen LogP contribution in [-0.2, 0) is 19.3 Å². The van der Waals surface area contributed by atoms with Gasteiger partial charge < -0.3 is 14.6 Å². The maximum Gasteiger partial charge on any atom is 0.417 e. The highest BCUT2D eigenvalue weighted by Gasteiger charge is 2.36. The van der Waals surface area contributed by atoms with Gasteiger partial charge in [0.15, 0.2) is 0 Å². The van der Waals surface area contributed by atoms with E-state index in [2.05, 4.69) is 5.32 Å².